The zero-order valence-electron chi connectivity index (χ0n) is 9.27. The van der Waals surface area contributed by atoms with Gasteiger partial charge in [-0.1, -0.05) is 12.1 Å². The van der Waals surface area contributed by atoms with Crippen LogP contribution in [0.3, 0.4) is 0 Å². The van der Waals surface area contributed by atoms with Crippen LogP contribution in [-0.2, 0) is 11.3 Å². The Morgan fingerprint density at radius 3 is 2.53 bits per heavy atom. The number of benzene rings is 1. The molecule has 0 spiro atoms. The van der Waals surface area contributed by atoms with Gasteiger partial charge in [-0.15, -0.1) is 0 Å². The smallest absolute Gasteiger partial charge is 0.0589 e. The monoisotopic (exact) mass is 226 g/mol. The standard InChI is InChI=1S/C11H18N2OS/c1-13(7-8-14-2)9-10-3-5-11(15-12)6-4-10/h3-6H,7-9,12H2,1-2H3. The lowest BCUT2D eigenvalue weighted by Crippen LogP contribution is -2.22. The molecule has 0 saturated carbocycles. The normalized spacial score (nSPS) is 10.9. The molecule has 0 radical (unpaired) electrons. The summed E-state index contributed by atoms with van der Waals surface area (Å²) in [5.41, 5.74) is 1.30. The quantitative estimate of drug-likeness (QED) is 0.750. The molecule has 0 aliphatic carbocycles. The van der Waals surface area contributed by atoms with Crippen LogP contribution >= 0.6 is 11.9 Å². The second-order valence-electron chi connectivity index (χ2n) is 3.49. The zero-order chi connectivity index (χ0) is 11.1. The molecule has 0 fully saturated rings. The second-order valence-corrected chi connectivity index (χ2v) is 4.20. The number of hydrogen-bond acceptors (Lipinski definition) is 4. The van der Waals surface area contributed by atoms with Crippen molar-refractivity contribution in [2.75, 3.05) is 27.3 Å². The van der Waals surface area contributed by atoms with Gasteiger partial charge in [-0.2, -0.15) is 0 Å². The lowest BCUT2D eigenvalue weighted by Gasteiger charge is -2.15. The third-order valence-electron chi connectivity index (χ3n) is 2.19. The van der Waals surface area contributed by atoms with E-state index in [-0.39, 0.29) is 0 Å². The molecule has 0 bridgehead atoms. The first kappa shape index (κ1) is 12.5. The molecule has 4 heteroatoms. The Kier molecular flexibility index (Phi) is 5.71. The molecule has 0 heterocycles. The predicted molar refractivity (Wildman–Crippen MR) is 64.7 cm³/mol. The molecular weight excluding hydrogens is 208 g/mol. The highest BCUT2D eigenvalue weighted by Crippen LogP contribution is 2.13. The van der Waals surface area contributed by atoms with Crippen molar-refractivity contribution in [3.63, 3.8) is 0 Å². The minimum atomic E-state index is 0.771. The van der Waals surface area contributed by atoms with Crippen molar-refractivity contribution in [2.24, 2.45) is 5.14 Å². The third kappa shape index (κ3) is 4.66. The fraction of sp³-hybridized carbons (Fsp3) is 0.455. The van der Waals surface area contributed by atoms with Crippen molar-refractivity contribution in [2.45, 2.75) is 11.4 Å². The van der Waals surface area contributed by atoms with Gasteiger partial charge in [-0.3, -0.25) is 10.0 Å². The van der Waals surface area contributed by atoms with E-state index in [9.17, 15) is 0 Å². The summed E-state index contributed by atoms with van der Waals surface area (Å²) in [5.74, 6) is 0. The summed E-state index contributed by atoms with van der Waals surface area (Å²) in [5, 5.41) is 5.46. The first-order valence-corrected chi connectivity index (χ1v) is 5.77. The summed E-state index contributed by atoms with van der Waals surface area (Å²) < 4.78 is 5.03. The van der Waals surface area contributed by atoms with E-state index in [1.54, 1.807) is 7.11 Å². The molecular formula is C11H18N2OS. The van der Waals surface area contributed by atoms with E-state index in [1.807, 2.05) is 12.1 Å². The lowest BCUT2D eigenvalue weighted by molar-refractivity contribution is 0.158. The first-order chi connectivity index (χ1) is 7.26. The average Bonchev–Trinajstić information content (AvgIpc) is 2.27. The predicted octanol–water partition coefficient (Wildman–Crippen LogP) is 1.73. The van der Waals surface area contributed by atoms with E-state index in [1.165, 1.54) is 17.5 Å². The van der Waals surface area contributed by atoms with E-state index < -0.39 is 0 Å². The Morgan fingerprint density at radius 1 is 1.33 bits per heavy atom. The van der Waals surface area contributed by atoms with Gasteiger partial charge in [0.1, 0.15) is 0 Å². The average molecular weight is 226 g/mol. The van der Waals surface area contributed by atoms with Crippen LogP contribution < -0.4 is 5.14 Å². The Balaban J connectivity index is 2.42. The molecule has 1 aromatic carbocycles. The highest BCUT2D eigenvalue weighted by atomic mass is 32.2. The molecule has 3 nitrogen and oxygen atoms in total. The fourth-order valence-corrected chi connectivity index (χ4v) is 1.60. The molecule has 0 unspecified atom stereocenters. The van der Waals surface area contributed by atoms with Crippen LogP contribution in [-0.4, -0.2) is 32.2 Å². The molecule has 15 heavy (non-hydrogen) atoms. The largest absolute Gasteiger partial charge is 0.383 e. The number of ether oxygens (including phenoxy) is 1. The lowest BCUT2D eigenvalue weighted by atomic mass is 10.2. The van der Waals surface area contributed by atoms with Crippen molar-refractivity contribution >= 4 is 11.9 Å². The Bertz CT molecular complexity index is 276. The van der Waals surface area contributed by atoms with E-state index in [2.05, 4.69) is 24.1 Å². The van der Waals surface area contributed by atoms with Crippen LogP contribution in [0, 0.1) is 0 Å². The minimum Gasteiger partial charge on any atom is -0.383 e. The summed E-state index contributed by atoms with van der Waals surface area (Å²) >= 11 is 1.28. The molecule has 0 amide bonds. The Hall–Kier alpha value is -0.550. The van der Waals surface area contributed by atoms with Crippen LogP contribution in [0.4, 0.5) is 0 Å². The van der Waals surface area contributed by atoms with Crippen molar-refractivity contribution in [3.05, 3.63) is 29.8 Å². The Labute approximate surface area is 95.7 Å². The van der Waals surface area contributed by atoms with Gasteiger partial charge in [-0.25, -0.2) is 0 Å². The fourth-order valence-electron chi connectivity index (χ4n) is 1.31. The highest BCUT2D eigenvalue weighted by molar-refractivity contribution is 7.97. The van der Waals surface area contributed by atoms with Crippen LogP contribution in [0.15, 0.2) is 29.2 Å². The molecule has 0 aliphatic rings. The summed E-state index contributed by atoms with van der Waals surface area (Å²) in [6.45, 7) is 2.66. The molecule has 1 aromatic rings. The van der Waals surface area contributed by atoms with E-state index in [0.29, 0.717) is 0 Å². The van der Waals surface area contributed by atoms with Crippen LogP contribution in [0.1, 0.15) is 5.56 Å². The summed E-state index contributed by atoms with van der Waals surface area (Å²) in [6, 6.07) is 8.31. The van der Waals surface area contributed by atoms with Gasteiger partial charge < -0.3 is 4.74 Å². The van der Waals surface area contributed by atoms with Gasteiger partial charge in [0.2, 0.25) is 0 Å². The number of methoxy groups -OCH3 is 1. The van der Waals surface area contributed by atoms with Crippen LogP contribution in [0.2, 0.25) is 0 Å². The molecule has 1 rings (SSSR count). The van der Waals surface area contributed by atoms with Gasteiger partial charge in [-0.05, 0) is 36.7 Å². The number of hydrogen-bond donors (Lipinski definition) is 1. The van der Waals surface area contributed by atoms with E-state index in [0.717, 1.165) is 24.6 Å². The van der Waals surface area contributed by atoms with Crippen LogP contribution in [0.25, 0.3) is 0 Å². The van der Waals surface area contributed by atoms with Gasteiger partial charge in [0.15, 0.2) is 0 Å². The molecule has 84 valence electrons. The van der Waals surface area contributed by atoms with Crippen LogP contribution in [0.5, 0.6) is 0 Å². The van der Waals surface area contributed by atoms with Crippen molar-refractivity contribution < 1.29 is 4.74 Å². The number of rotatable bonds is 6. The van der Waals surface area contributed by atoms with E-state index >= 15 is 0 Å². The van der Waals surface area contributed by atoms with Crippen molar-refractivity contribution in [1.82, 2.24) is 4.90 Å². The second kappa shape index (κ2) is 6.85. The van der Waals surface area contributed by atoms with Crippen molar-refractivity contribution in [3.8, 4) is 0 Å². The minimum absolute atomic E-state index is 0.771. The molecule has 0 aromatic heterocycles. The van der Waals surface area contributed by atoms with Crippen molar-refractivity contribution in [1.29, 1.82) is 0 Å². The van der Waals surface area contributed by atoms with Gasteiger partial charge in [0, 0.05) is 25.1 Å². The molecule has 2 N–H and O–H groups in total. The Morgan fingerprint density at radius 2 is 2.00 bits per heavy atom. The summed E-state index contributed by atoms with van der Waals surface area (Å²) in [4.78, 5) is 3.33. The SMILES string of the molecule is COCCN(C)Cc1ccc(SN)cc1. The van der Waals surface area contributed by atoms with Gasteiger partial charge in [0.25, 0.3) is 0 Å². The molecule has 0 saturated heterocycles. The van der Waals surface area contributed by atoms with Gasteiger partial charge >= 0.3 is 0 Å². The highest BCUT2D eigenvalue weighted by Gasteiger charge is 1.99. The summed E-state index contributed by atoms with van der Waals surface area (Å²) in [7, 11) is 3.81. The number of nitrogens with zero attached hydrogens (tertiary/aromatic N) is 1. The topological polar surface area (TPSA) is 38.5 Å². The van der Waals surface area contributed by atoms with E-state index in [4.69, 9.17) is 9.88 Å². The maximum atomic E-state index is 5.46. The maximum Gasteiger partial charge on any atom is 0.0589 e. The maximum absolute atomic E-state index is 5.46. The molecule has 0 atom stereocenters. The van der Waals surface area contributed by atoms with Gasteiger partial charge in [0.05, 0.1) is 6.61 Å². The third-order valence-corrected chi connectivity index (χ3v) is 2.73. The number of likely N-dealkylation sites (N-methyl/N-ethyl adjacent to an activating group) is 1. The number of nitrogens with two attached hydrogens (primary N) is 1. The molecule has 0 aliphatic heterocycles. The first-order valence-electron chi connectivity index (χ1n) is 4.89. The summed E-state index contributed by atoms with van der Waals surface area (Å²) in [6.07, 6.45) is 0. The zero-order valence-corrected chi connectivity index (χ0v) is 10.1.